The van der Waals surface area contributed by atoms with E-state index < -0.39 is 5.92 Å². The van der Waals surface area contributed by atoms with Gasteiger partial charge in [0.1, 0.15) is 13.1 Å². The van der Waals surface area contributed by atoms with E-state index in [-0.39, 0.29) is 40.3 Å². The van der Waals surface area contributed by atoms with E-state index in [0.717, 1.165) is 58.4 Å². The summed E-state index contributed by atoms with van der Waals surface area (Å²) in [6.07, 6.45) is 9.89. The van der Waals surface area contributed by atoms with Crippen LogP contribution in [0.25, 0.3) is 0 Å². The second-order valence-corrected chi connectivity index (χ2v) is 12.7. The number of hydrogen-bond donors (Lipinski definition) is 0. The summed E-state index contributed by atoms with van der Waals surface area (Å²) in [5, 5.41) is 0. The van der Waals surface area contributed by atoms with Gasteiger partial charge in [0.05, 0.1) is 31.8 Å². The number of ether oxygens (including phenoxy) is 4. The lowest BCUT2D eigenvalue weighted by Crippen LogP contribution is -2.62. The molecule has 34 heavy (non-hydrogen) atoms. The smallest absolute Gasteiger partial charge is 0.165 e. The number of carbonyl (C=O) groups excluding carboxylic acids is 2. The van der Waals surface area contributed by atoms with Crippen LogP contribution in [0, 0.1) is 45.3 Å². The molecule has 5 fully saturated rings. The van der Waals surface area contributed by atoms with Crippen molar-refractivity contribution in [1.82, 2.24) is 0 Å². The molecule has 3 saturated carbocycles. The summed E-state index contributed by atoms with van der Waals surface area (Å²) in [5.41, 5.74) is 1.43. The molecule has 0 bridgehead atoms. The third-order valence-electron chi connectivity index (χ3n) is 11.7. The lowest BCUT2D eigenvalue weighted by molar-refractivity contribution is -0.203. The fourth-order valence-electron chi connectivity index (χ4n) is 10.2. The van der Waals surface area contributed by atoms with Gasteiger partial charge in [0, 0.05) is 24.5 Å². The van der Waals surface area contributed by atoms with Crippen molar-refractivity contribution in [2.75, 3.05) is 40.3 Å². The van der Waals surface area contributed by atoms with Crippen molar-refractivity contribution in [3.05, 3.63) is 11.6 Å². The third kappa shape index (κ3) is 2.83. The molecule has 6 rings (SSSR count). The van der Waals surface area contributed by atoms with Gasteiger partial charge in [-0.2, -0.15) is 0 Å². The highest BCUT2D eigenvalue weighted by atomic mass is 16.7. The first-order valence-electron chi connectivity index (χ1n) is 13.3. The number of ketones is 1. The SMILES string of the molecule is COCO[C@H]1C[C@@]2(C)C(CC[C@@]23COCC32CCOC2)C2CCC3=CC(=O)C(C=O)C[C@]3(C)C21. The lowest BCUT2D eigenvalue weighted by atomic mass is 9.41. The number of allylic oxidation sites excluding steroid dienone is 1. The number of aldehydes is 1. The van der Waals surface area contributed by atoms with E-state index in [4.69, 9.17) is 18.9 Å². The lowest BCUT2D eigenvalue weighted by Gasteiger charge is -2.63. The summed E-state index contributed by atoms with van der Waals surface area (Å²) in [4.78, 5) is 24.4. The number of rotatable bonds is 4. The van der Waals surface area contributed by atoms with E-state index >= 15 is 0 Å². The van der Waals surface area contributed by atoms with Gasteiger partial charge in [-0.05, 0) is 79.6 Å². The van der Waals surface area contributed by atoms with Crippen LogP contribution in [0.2, 0.25) is 0 Å². The summed E-state index contributed by atoms with van der Waals surface area (Å²) < 4.78 is 24.3. The van der Waals surface area contributed by atoms with Gasteiger partial charge < -0.3 is 23.7 Å². The first-order valence-corrected chi connectivity index (χ1v) is 13.3. The minimum atomic E-state index is -0.527. The van der Waals surface area contributed by atoms with Crippen LogP contribution < -0.4 is 0 Å². The van der Waals surface area contributed by atoms with Gasteiger partial charge in [0.2, 0.25) is 0 Å². The Morgan fingerprint density at radius 1 is 1.12 bits per heavy atom. The van der Waals surface area contributed by atoms with Gasteiger partial charge in [0.15, 0.2) is 5.78 Å². The number of carbonyl (C=O) groups is 2. The molecule has 6 heteroatoms. The molecular formula is C28H40O6. The molecule has 2 saturated heterocycles. The van der Waals surface area contributed by atoms with Crippen molar-refractivity contribution in [1.29, 1.82) is 0 Å². The van der Waals surface area contributed by atoms with E-state index in [1.807, 2.05) is 6.08 Å². The summed E-state index contributed by atoms with van der Waals surface area (Å²) in [5.74, 6) is 0.875. The first kappa shape index (κ1) is 23.3. The maximum absolute atomic E-state index is 12.6. The predicted octanol–water partition coefficient (Wildman–Crippen LogP) is 3.97. The number of methoxy groups -OCH3 is 1. The van der Waals surface area contributed by atoms with Crippen LogP contribution in [0.15, 0.2) is 11.6 Å². The Labute approximate surface area is 203 Å². The minimum absolute atomic E-state index is 0.0120. The average molecular weight is 473 g/mol. The Balaban J connectivity index is 1.42. The van der Waals surface area contributed by atoms with Crippen LogP contribution >= 0.6 is 0 Å². The van der Waals surface area contributed by atoms with Gasteiger partial charge in [0.25, 0.3) is 0 Å². The molecule has 2 spiro atoms. The first-order chi connectivity index (χ1) is 16.3. The van der Waals surface area contributed by atoms with E-state index in [0.29, 0.717) is 24.2 Å². The van der Waals surface area contributed by atoms with Crippen LogP contribution in [0.5, 0.6) is 0 Å². The van der Waals surface area contributed by atoms with Crippen molar-refractivity contribution in [3.8, 4) is 0 Å². The summed E-state index contributed by atoms with van der Waals surface area (Å²) in [6.45, 7) is 8.43. The molecule has 0 aromatic carbocycles. The second kappa shape index (κ2) is 7.96. The molecular weight excluding hydrogens is 432 g/mol. The van der Waals surface area contributed by atoms with E-state index in [1.54, 1.807) is 7.11 Å². The topological polar surface area (TPSA) is 71.1 Å². The highest BCUT2D eigenvalue weighted by molar-refractivity contribution is 6.02. The third-order valence-corrected chi connectivity index (χ3v) is 11.7. The van der Waals surface area contributed by atoms with Crippen molar-refractivity contribution < 1.29 is 28.5 Å². The van der Waals surface area contributed by atoms with Gasteiger partial charge in [-0.15, -0.1) is 0 Å². The fraction of sp³-hybridized carbons (Fsp3) is 0.857. The standard InChI is InChI=1S/C28H40O6/c1-25-11-18(13-29)22(30)10-19(25)4-5-20-21-6-7-28(16-33-15-27(28)8-9-32-14-27)26(21,2)12-23(24(20)25)34-17-31-3/h10,13,18,20-21,23-24H,4-9,11-12,14-17H2,1-3H3/t18?,20?,21?,23-,24?,25-,26-,27?,28+/m0/s1. The molecule has 0 N–H and O–H groups in total. The largest absolute Gasteiger partial charge is 0.381 e. The zero-order valence-electron chi connectivity index (χ0n) is 21.0. The van der Waals surface area contributed by atoms with Crippen LogP contribution in [-0.4, -0.2) is 58.5 Å². The predicted molar refractivity (Wildman–Crippen MR) is 125 cm³/mol. The monoisotopic (exact) mass is 472 g/mol. The van der Waals surface area contributed by atoms with Crippen molar-refractivity contribution >= 4 is 12.1 Å². The second-order valence-electron chi connectivity index (χ2n) is 12.7. The van der Waals surface area contributed by atoms with Crippen molar-refractivity contribution in [2.45, 2.75) is 64.9 Å². The average Bonchev–Trinajstić information content (AvgIpc) is 3.52. The Morgan fingerprint density at radius 3 is 2.68 bits per heavy atom. The molecule has 9 atom stereocenters. The molecule has 2 aliphatic heterocycles. The molecule has 0 aromatic rings. The highest BCUT2D eigenvalue weighted by Crippen LogP contribution is 2.75. The van der Waals surface area contributed by atoms with Gasteiger partial charge >= 0.3 is 0 Å². The van der Waals surface area contributed by atoms with Gasteiger partial charge in [-0.1, -0.05) is 19.4 Å². The van der Waals surface area contributed by atoms with Crippen molar-refractivity contribution in [3.63, 3.8) is 0 Å². The maximum atomic E-state index is 12.6. The van der Waals surface area contributed by atoms with E-state index in [2.05, 4.69) is 13.8 Å². The fourth-order valence-corrected chi connectivity index (χ4v) is 10.2. The Hall–Kier alpha value is -1.08. The summed E-state index contributed by atoms with van der Waals surface area (Å²) >= 11 is 0. The Morgan fingerprint density at radius 2 is 1.94 bits per heavy atom. The molecule has 6 aliphatic rings. The molecule has 6 nitrogen and oxygen atoms in total. The Bertz CT molecular complexity index is 886. The van der Waals surface area contributed by atoms with Crippen LogP contribution in [0.1, 0.15) is 58.8 Å². The molecule has 2 heterocycles. The Kier molecular flexibility index (Phi) is 5.46. The zero-order chi connectivity index (χ0) is 23.8. The van der Waals surface area contributed by atoms with E-state index in [1.165, 1.54) is 18.4 Å². The number of hydrogen-bond acceptors (Lipinski definition) is 6. The van der Waals surface area contributed by atoms with Gasteiger partial charge in [-0.3, -0.25) is 4.79 Å². The summed E-state index contributed by atoms with van der Waals surface area (Å²) in [6, 6.07) is 0. The quantitative estimate of drug-likeness (QED) is 0.350. The molecule has 4 aliphatic carbocycles. The van der Waals surface area contributed by atoms with E-state index in [9.17, 15) is 9.59 Å². The zero-order valence-corrected chi connectivity index (χ0v) is 21.0. The molecule has 5 unspecified atom stereocenters. The molecule has 0 radical (unpaired) electrons. The van der Waals surface area contributed by atoms with Gasteiger partial charge in [-0.25, -0.2) is 0 Å². The van der Waals surface area contributed by atoms with Crippen LogP contribution in [0.3, 0.4) is 0 Å². The molecule has 188 valence electrons. The molecule has 0 aromatic heterocycles. The van der Waals surface area contributed by atoms with Crippen LogP contribution in [0.4, 0.5) is 0 Å². The van der Waals surface area contributed by atoms with Crippen LogP contribution in [-0.2, 0) is 28.5 Å². The number of fused-ring (bicyclic) bond motifs is 7. The normalized spacial score (nSPS) is 51.9. The van der Waals surface area contributed by atoms with Crippen molar-refractivity contribution in [2.24, 2.45) is 45.3 Å². The summed E-state index contributed by atoms with van der Waals surface area (Å²) in [7, 11) is 1.69. The molecule has 0 amide bonds. The maximum Gasteiger partial charge on any atom is 0.165 e. The minimum Gasteiger partial charge on any atom is -0.381 e. The highest BCUT2D eigenvalue weighted by Gasteiger charge is 2.73.